The smallest absolute Gasteiger partial charge is 0.348 e. The molecule has 2 heterocycles. The number of methoxy groups -OCH3 is 2. The van der Waals surface area contributed by atoms with Crippen molar-refractivity contribution in [1.82, 2.24) is 4.90 Å². The van der Waals surface area contributed by atoms with Gasteiger partial charge in [0.05, 0.1) is 26.1 Å². The molecule has 1 saturated carbocycles. The SMILES string of the molecule is COC(=O)c1sc(N)c(C(=O)OC)c1COC(=O)[C@H](C)N1C(=O)C2CCCCC2C1=O. The highest BCUT2D eigenvalue weighted by Gasteiger charge is 2.51. The molecule has 10 nitrogen and oxygen atoms in total. The molecule has 1 aliphatic heterocycles. The quantitative estimate of drug-likeness (QED) is 0.386. The molecule has 2 fully saturated rings. The van der Waals surface area contributed by atoms with Crippen molar-refractivity contribution in [3.8, 4) is 0 Å². The largest absolute Gasteiger partial charge is 0.465 e. The summed E-state index contributed by atoms with van der Waals surface area (Å²) in [5.41, 5.74) is 5.81. The molecule has 0 aromatic carbocycles. The lowest BCUT2D eigenvalue weighted by Gasteiger charge is -2.21. The maximum Gasteiger partial charge on any atom is 0.348 e. The Morgan fingerprint density at radius 3 is 2.13 bits per heavy atom. The lowest BCUT2D eigenvalue weighted by molar-refractivity contribution is -0.159. The van der Waals surface area contributed by atoms with E-state index in [9.17, 15) is 24.0 Å². The highest BCUT2D eigenvalue weighted by atomic mass is 32.1. The van der Waals surface area contributed by atoms with E-state index in [0.29, 0.717) is 12.8 Å². The summed E-state index contributed by atoms with van der Waals surface area (Å²) in [4.78, 5) is 63.2. The van der Waals surface area contributed by atoms with E-state index < -0.39 is 30.6 Å². The minimum absolute atomic E-state index is 0.000183. The van der Waals surface area contributed by atoms with Gasteiger partial charge in [-0.15, -0.1) is 11.3 Å². The van der Waals surface area contributed by atoms with Gasteiger partial charge in [0.2, 0.25) is 11.8 Å². The molecular weight excluding hydrogens is 428 g/mol. The van der Waals surface area contributed by atoms with E-state index in [0.717, 1.165) is 43.3 Å². The summed E-state index contributed by atoms with van der Waals surface area (Å²) in [6.07, 6.45) is 3.01. The third-order valence-electron chi connectivity index (χ3n) is 5.76. The van der Waals surface area contributed by atoms with Crippen molar-refractivity contribution in [1.29, 1.82) is 0 Å². The number of anilines is 1. The number of fused-ring (bicyclic) bond motifs is 1. The van der Waals surface area contributed by atoms with Gasteiger partial charge >= 0.3 is 17.9 Å². The number of hydrogen-bond donors (Lipinski definition) is 1. The molecule has 1 aliphatic carbocycles. The van der Waals surface area contributed by atoms with Crippen LogP contribution in [0.5, 0.6) is 0 Å². The molecule has 2 aliphatic rings. The topological polar surface area (TPSA) is 142 Å². The number of ether oxygens (including phenoxy) is 3. The van der Waals surface area contributed by atoms with Crippen LogP contribution in [-0.4, -0.2) is 54.9 Å². The Kier molecular flexibility index (Phi) is 6.63. The second kappa shape index (κ2) is 9.04. The van der Waals surface area contributed by atoms with Gasteiger partial charge in [0.15, 0.2) is 0 Å². The van der Waals surface area contributed by atoms with Crippen molar-refractivity contribution >= 4 is 46.1 Å². The predicted molar refractivity (Wildman–Crippen MR) is 108 cm³/mol. The van der Waals surface area contributed by atoms with Crippen molar-refractivity contribution in [2.75, 3.05) is 20.0 Å². The molecule has 0 radical (unpaired) electrons. The Labute approximate surface area is 182 Å². The summed E-state index contributed by atoms with van der Waals surface area (Å²) in [6.45, 7) is 0.939. The third-order valence-corrected chi connectivity index (χ3v) is 6.80. The van der Waals surface area contributed by atoms with Crippen molar-refractivity contribution in [2.45, 2.75) is 45.3 Å². The van der Waals surface area contributed by atoms with Gasteiger partial charge in [-0.2, -0.15) is 0 Å². The van der Waals surface area contributed by atoms with E-state index in [1.807, 2.05) is 0 Å². The number of nitrogens with two attached hydrogens (primary N) is 1. The lowest BCUT2D eigenvalue weighted by Crippen LogP contribution is -2.44. The molecule has 11 heteroatoms. The van der Waals surface area contributed by atoms with E-state index in [-0.39, 0.29) is 44.7 Å². The average Bonchev–Trinajstić information content (AvgIpc) is 3.24. The van der Waals surface area contributed by atoms with Gasteiger partial charge in [0.1, 0.15) is 28.1 Å². The molecule has 3 rings (SSSR count). The zero-order chi connectivity index (χ0) is 22.9. The molecule has 0 spiro atoms. The maximum atomic E-state index is 12.7. The average molecular weight is 452 g/mol. The minimum Gasteiger partial charge on any atom is -0.465 e. The number of likely N-dealkylation sites (tertiary alicyclic amines) is 1. The van der Waals surface area contributed by atoms with Crippen molar-refractivity contribution in [3.63, 3.8) is 0 Å². The number of thiophene rings is 1. The van der Waals surface area contributed by atoms with Crippen LogP contribution in [0.15, 0.2) is 0 Å². The Morgan fingerprint density at radius 2 is 1.61 bits per heavy atom. The van der Waals surface area contributed by atoms with Gasteiger partial charge < -0.3 is 19.9 Å². The fourth-order valence-electron chi connectivity index (χ4n) is 4.14. The van der Waals surface area contributed by atoms with Crippen LogP contribution in [0.25, 0.3) is 0 Å². The fraction of sp³-hybridized carbons (Fsp3) is 0.550. The van der Waals surface area contributed by atoms with Crippen molar-refractivity contribution in [2.24, 2.45) is 11.8 Å². The first-order valence-electron chi connectivity index (χ1n) is 9.84. The monoisotopic (exact) mass is 452 g/mol. The van der Waals surface area contributed by atoms with Gasteiger partial charge in [0.25, 0.3) is 0 Å². The summed E-state index contributed by atoms with van der Waals surface area (Å²) < 4.78 is 14.7. The molecule has 0 bridgehead atoms. The van der Waals surface area contributed by atoms with E-state index in [4.69, 9.17) is 19.9 Å². The van der Waals surface area contributed by atoms with Gasteiger partial charge in [-0.1, -0.05) is 12.8 Å². The van der Waals surface area contributed by atoms with Crippen LogP contribution in [-0.2, 0) is 35.2 Å². The molecule has 2 amide bonds. The summed E-state index contributed by atoms with van der Waals surface area (Å²) >= 11 is 0.809. The molecule has 1 saturated heterocycles. The highest BCUT2D eigenvalue weighted by Crippen LogP contribution is 2.39. The fourth-order valence-corrected chi connectivity index (χ4v) is 5.12. The van der Waals surface area contributed by atoms with E-state index >= 15 is 0 Å². The summed E-state index contributed by atoms with van der Waals surface area (Å²) in [5.74, 6) is -3.86. The van der Waals surface area contributed by atoms with Gasteiger partial charge in [-0.25, -0.2) is 14.4 Å². The number of carbonyl (C=O) groups is 5. The van der Waals surface area contributed by atoms with Crippen LogP contribution in [0.3, 0.4) is 0 Å². The zero-order valence-electron chi connectivity index (χ0n) is 17.5. The molecule has 3 atom stereocenters. The van der Waals surface area contributed by atoms with E-state index in [1.54, 1.807) is 0 Å². The summed E-state index contributed by atoms with van der Waals surface area (Å²) in [5, 5.41) is 0.0142. The van der Waals surface area contributed by atoms with Gasteiger partial charge in [-0.3, -0.25) is 14.5 Å². The molecule has 2 N–H and O–H groups in total. The number of nitrogens with zero attached hydrogens (tertiary/aromatic N) is 1. The first-order chi connectivity index (χ1) is 14.7. The third kappa shape index (κ3) is 4.01. The number of nitrogen functional groups attached to an aromatic ring is 1. The minimum atomic E-state index is -1.13. The van der Waals surface area contributed by atoms with Crippen LogP contribution < -0.4 is 5.73 Å². The molecular formula is C20H24N2O8S. The van der Waals surface area contributed by atoms with Crippen LogP contribution in [0, 0.1) is 11.8 Å². The zero-order valence-corrected chi connectivity index (χ0v) is 18.3. The van der Waals surface area contributed by atoms with Gasteiger partial charge in [0, 0.05) is 5.56 Å². The highest BCUT2D eigenvalue weighted by molar-refractivity contribution is 7.18. The first kappa shape index (κ1) is 22.7. The molecule has 1 aromatic rings. The van der Waals surface area contributed by atoms with E-state index in [1.165, 1.54) is 6.92 Å². The van der Waals surface area contributed by atoms with Gasteiger partial charge in [-0.05, 0) is 19.8 Å². The van der Waals surface area contributed by atoms with Crippen molar-refractivity contribution < 1.29 is 38.2 Å². The normalized spacial score (nSPS) is 21.5. The van der Waals surface area contributed by atoms with Crippen LogP contribution in [0.1, 0.15) is 58.2 Å². The number of amides is 2. The second-order valence-corrected chi connectivity index (χ2v) is 8.51. The van der Waals surface area contributed by atoms with Crippen LogP contribution in [0.4, 0.5) is 5.00 Å². The second-order valence-electron chi connectivity index (χ2n) is 7.46. The first-order valence-corrected chi connectivity index (χ1v) is 10.7. The number of esters is 3. The Balaban J connectivity index is 1.79. The summed E-state index contributed by atoms with van der Waals surface area (Å²) in [6, 6.07) is -1.13. The molecule has 1 aromatic heterocycles. The van der Waals surface area contributed by atoms with Crippen LogP contribution >= 0.6 is 11.3 Å². The molecule has 2 unspecified atom stereocenters. The number of imide groups is 1. The van der Waals surface area contributed by atoms with Crippen LogP contribution in [0.2, 0.25) is 0 Å². The Morgan fingerprint density at radius 1 is 1.06 bits per heavy atom. The Hall–Kier alpha value is -2.95. The number of rotatable bonds is 6. The number of carbonyl (C=O) groups excluding carboxylic acids is 5. The summed E-state index contributed by atoms with van der Waals surface area (Å²) in [7, 11) is 2.32. The lowest BCUT2D eigenvalue weighted by atomic mass is 9.81. The standard InChI is InChI=1S/C20H24N2O8S/c1-9(22-16(23)10-6-4-5-7-11(10)17(22)24)18(25)30-8-12-13(19(26)28-2)15(21)31-14(12)20(27)29-3/h9-11H,4-8,21H2,1-3H3/t9-,10?,11?/m0/s1. The molecule has 168 valence electrons. The predicted octanol–water partition coefficient (Wildman–Crippen LogP) is 1.51. The number of hydrogen-bond acceptors (Lipinski definition) is 10. The Bertz CT molecular complexity index is 916. The van der Waals surface area contributed by atoms with Crippen molar-refractivity contribution in [3.05, 3.63) is 16.0 Å². The van der Waals surface area contributed by atoms with E-state index in [2.05, 4.69) is 0 Å². The maximum absolute atomic E-state index is 12.7. The molecule has 31 heavy (non-hydrogen) atoms.